The van der Waals surface area contributed by atoms with Gasteiger partial charge in [-0.2, -0.15) is 0 Å². The molecule has 1 unspecified atom stereocenters. The van der Waals surface area contributed by atoms with Gasteiger partial charge in [-0.15, -0.1) is 0 Å². The Hall–Kier alpha value is -1.70. The normalized spacial score (nSPS) is 20.2. The molecule has 0 saturated carbocycles. The van der Waals surface area contributed by atoms with Crippen molar-refractivity contribution in [1.29, 1.82) is 0 Å². The number of benzene rings is 1. The van der Waals surface area contributed by atoms with Gasteiger partial charge in [-0.3, -0.25) is 9.59 Å². The predicted molar refractivity (Wildman–Crippen MR) is 88.5 cm³/mol. The van der Waals surface area contributed by atoms with E-state index >= 15 is 0 Å². The fourth-order valence-corrected chi connectivity index (χ4v) is 2.95. The summed E-state index contributed by atoms with van der Waals surface area (Å²) in [4.78, 5) is 26.1. The van der Waals surface area contributed by atoms with E-state index in [9.17, 15) is 14.7 Å². The number of allylic oxidation sites excluding steroid dienone is 1. The number of nitrogens with one attached hydrogen (secondary N) is 1. The molecule has 1 fully saturated rings. The Morgan fingerprint density at radius 3 is 2.43 bits per heavy atom. The van der Waals surface area contributed by atoms with E-state index in [0.717, 1.165) is 10.0 Å². The van der Waals surface area contributed by atoms with Crippen LogP contribution < -0.4 is 5.32 Å². The number of aliphatic hydroxyl groups is 2. The monoisotopic (exact) mass is 382 g/mol. The number of β-amino-alcohol motifs (C(OH)–C–C–N with tert-alkyl or cyclic N) is 1. The molecule has 1 aromatic rings. The van der Waals surface area contributed by atoms with Crippen LogP contribution in [-0.4, -0.2) is 53.1 Å². The quantitative estimate of drug-likeness (QED) is 0.498. The molecular formula is C16H19BrN2O4. The SMILES string of the molecule is CC(NCCO)=C1C(=O)C(=O)N(CCO)C1c1ccc(Br)cc1. The van der Waals surface area contributed by atoms with E-state index in [-0.39, 0.29) is 19.8 Å². The molecule has 1 saturated heterocycles. The first kappa shape index (κ1) is 17.7. The van der Waals surface area contributed by atoms with Crippen LogP contribution in [0.3, 0.4) is 0 Å². The Morgan fingerprint density at radius 2 is 1.87 bits per heavy atom. The minimum absolute atomic E-state index is 0.0734. The molecule has 0 bridgehead atoms. The lowest BCUT2D eigenvalue weighted by Gasteiger charge is -2.25. The molecule has 6 nitrogen and oxygen atoms in total. The van der Waals surface area contributed by atoms with E-state index in [4.69, 9.17) is 5.11 Å². The molecule has 3 N–H and O–H groups in total. The third-order valence-corrected chi connectivity index (χ3v) is 4.25. The van der Waals surface area contributed by atoms with E-state index in [1.165, 1.54) is 4.90 Å². The van der Waals surface area contributed by atoms with Gasteiger partial charge in [0.15, 0.2) is 0 Å². The van der Waals surface area contributed by atoms with Crippen molar-refractivity contribution in [3.63, 3.8) is 0 Å². The molecule has 2 rings (SSSR count). The first-order chi connectivity index (χ1) is 11.0. The maximum Gasteiger partial charge on any atom is 0.295 e. The number of halogens is 1. The van der Waals surface area contributed by atoms with Crippen molar-refractivity contribution in [3.05, 3.63) is 45.6 Å². The number of rotatable bonds is 6. The summed E-state index contributed by atoms with van der Waals surface area (Å²) in [6.45, 7) is 1.80. The Bertz CT molecular complexity index is 627. The Balaban J connectivity index is 2.50. The highest BCUT2D eigenvalue weighted by Gasteiger charge is 2.44. The van der Waals surface area contributed by atoms with Gasteiger partial charge in [0.25, 0.3) is 11.7 Å². The largest absolute Gasteiger partial charge is 0.395 e. The van der Waals surface area contributed by atoms with E-state index in [1.807, 2.05) is 24.3 Å². The minimum atomic E-state index is -0.618. The maximum absolute atomic E-state index is 12.4. The van der Waals surface area contributed by atoms with Crippen LogP contribution in [0.25, 0.3) is 0 Å². The molecule has 1 aliphatic rings. The van der Waals surface area contributed by atoms with Gasteiger partial charge in [0.05, 0.1) is 24.8 Å². The van der Waals surface area contributed by atoms with Gasteiger partial charge in [0.2, 0.25) is 0 Å². The Labute approximate surface area is 142 Å². The first-order valence-electron chi connectivity index (χ1n) is 7.28. The van der Waals surface area contributed by atoms with E-state index in [0.29, 0.717) is 17.8 Å². The van der Waals surface area contributed by atoms with Crippen molar-refractivity contribution < 1.29 is 19.8 Å². The van der Waals surface area contributed by atoms with Crippen LogP contribution in [0.1, 0.15) is 18.5 Å². The van der Waals surface area contributed by atoms with Crippen LogP contribution in [0.4, 0.5) is 0 Å². The molecule has 0 aromatic heterocycles. The lowest BCUT2D eigenvalue weighted by atomic mass is 9.97. The van der Waals surface area contributed by atoms with Crippen molar-refractivity contribution >= 4 is 27.6 Å². The summed E-state index contributed by atoms with van der Waals surface area (Å²) in [5.41, 5.74) is 1.71. The number of carbonyl (C=O) groups excluding carboxylic acids is 2. The van der Waals surface area contributed by atoms with Crippen LogP contribution >= 0.6 is 15.9 Å². The van der Waals surface area contributed by atoms with Gasteiger partial charge >= 0.3 is 0 Å². The topological polar surface area (TPSA) is 89.9 Å². The summed E-state index contributed by atoms with van der Waals surface area (Å²) in [6, 6.07) is 6.82. The highest BCUT2D eigenvalue weighted by atomic mass is 79.9. The van der Waals surface area contributed by atoms with Crippen molar-refractivity contribution in [2.24, 2.45) is 0 Å². The number of nitrogens with zero attached hydrogens (tertiary/aromatic N) is 1. The number of carbonyl (C=O) groups is 2. The standard InChI is InChI=1S/C16H19BrN2O4/c1-10(18-6-8-20)13-14(11-2-4-12(17)5-3-11)19(7-9-21)16(23)15(13)22/h2-5,14,18,20-21H,6-9H2,1H3. The smallest absolute Gasteiger partial charge is 0.295 e. The number of likely N-dealkylation sites (tertiary alicyclic amines) is 1. The number of amides is 1. The summed E-state index contributed by atoms with van der Waals surface area (Å²) in [6.07, 6.45) is 0. The highest BCUT2D eigenvalue weighted by molar-refractivity contribution is 9.10. The van der Waals surface area contributed by atoms with Crippen molar-refractivity contribution in [1.82, 2.24) is 10.2 Å². The Morgan fingerprint density at radius 1 is 1.22 bits per heavy atom. The zero-order chi connectivity index (χ0) is 17.0. The first-order valence-corrected chi connectivity index (χ1v) is 8.07. The molecule has 0 radical (unpaired) electrons. The molecule has 0 aliphatic carbocycles. The third-order valence-electron chi connectivity index (χ3n) is 3.72. The number of Topliss-reactive ketones (excluding diaryl/α,β-unsaturated/α-hetero) is 1. The summed E-state index contributed by atoms with van der Waals surface area (Å²) in [5, 5.41) is 21.1. The molecule has 124 valence electrons. The second kappa shape index (κ2) is 7.72. The lowest BCUT2D eigenvalue weighted by Crippen LogP contribution is -2.32. The summed E-state index contributed by atoms with van der Waals surface area (Å²) < 4.78 is 0.895. The van der Waals surface area contributed by atoms with Crippen LogP contribution in [0.2, 0.25) is 0 Å². The number of hydrogen-bond donors (Lipinski definition) is 3. The molecular weight excluding hydrogens is 364 g/mol. The van der Waals surface area contributed by atoms with E-state index in [2.05, 4.69) is 21.2 Å². The van der Waals surface area contributed by atoms with E-state index < -0.39 is 17.7 Å². The van der Waals surface area contributed by atoms with Gasteiger partial charge in [-0.05, 0) is 24.6 Å². The fraction of sp³-hybridized carbons (Fsp3) is 0.375. The van der Waals surface area contributed by atoms with Crippen molar-refractivity contribution in [2.75, 3.05) is 26.3 Å². The zero-order valence-corrected chi connectivity index (χ0v) is 14.3. The summed E-state index contributed by atoms with van der Waals surface area (Å²) in [7, 11) is 0. The van der Waals surface area contributed by atoms with Gasteiger partial charge < -0.3 is 20.4 Å². The Kier molecular flexibility index (Phi) is 5.92. The summed E-state index contributed by atoms with van der Waals surface area (Å²) in [5.74, 6) is -1.19. The average Bonchev–Trinajstić information content (AvgIpc) is 2.79. The van der Waals surface area contributed by atoms with Crippen molar-refractivity contribution in [3.8, 4) is 0 Å². The molecule has 1 aliphatic heterocycles. The van der Waals surface area contributed by atoms with Crippen molar-refractivity contribution in [2.45, 2.75) is 13.0 Å². The molecule has 1 heterocycles. The molecule has 0 spiro atoms. The van der Waals surface area contributed by atoms with E-state index in [1.54, 1.807) is 6.92 Å². The fourth-order valence-electron chi connectivity index (χ4n) is 2.69. The average molecular weight is 383 g/mol. The predicted octanol–water partition coefficient (Wildman–Crippen LogP) is 0.750. The van der Waals surface area contributed by atoms with Crippen LogP contribution in [0, 0.1) is 0 Å². The van der Waals surface area contributed by atoms with Crippen LogP contribution in [0.5, 0.6) is 0 Å². The highest BCUT2D eigenvalue weighted by Crippen LogP contribution is 2.37. The second-order valence-corrected chi connectivity index (χ2v) is 6.11. The molecule has 1 amide bonds. The number of aliphatic hydroxyl groups excluding tert-OH is 2. The molecule has 23 heavy (non-hydrogen) atoms. The number of ketones is 1. The van der Waals surface area contributed by atoms with Gasteiger partial charge in [-0.1, -0.05) is 28.1 Å². The zero-order valence-electron chi connectivity index (χ0n) is 12.8. The molecule has 1 aromatic carbocycles. The van der Waals surface area contributed by atoms with Crippen LogP contribution in [0.15, 0.2) is 40.0 Å². The maximum atomic E-state index is 12.4. The van der Waals surface area contributed by atoms with Gasteiger partial charge in [0, 0.05) is 23.3 Å². The second-order valence-electron chi connectivity index (χ2n) is 5.19. The van der Waals surface area contributed by atoms with Crippen LogP contribution in [-0.2, 0) is 9.59 Å². The molecule has 7 heteroatoms. The number of hydrogen-bond acceptors (Lipinski definition) is 5. The molecule has 1 atom stereocenters. The van der Waals surface area contributed by atoms with Gasteiger partial charge in [-0.25, -0.2) is 0 Å². The van der Waals surface area contributed by atoms with Gasteiger partial charge in [0.1, 0.15) is 0 Å². The third kappa shape index (κ3) is 3.63. The lowest BCUT2D eigenvalue weighted by molar-refractivity contribution is -0.140. The summed E-state index contributed by atoms with van der Waals surface area (Å²) >= 11 is 3.36. The minimum Gasteiger partial charge on any atom is -0.395 e.